The summed E-state index contributed by atoms with van der Waals surface area (Å²) in [6.45, 7) is 3.88. The molecule has 2 fully saturated rings. The van der Waals surface area contributed by atoms with E-state index in [1.165, 1.54) is 4.90 Å². The molecule has 1 unspecified atom stereocenters. The Morgan fingerprint density at radius 2 is 1.93 bits per heavy atom. The molecule has 27 heavy (non-hydrogen) atoms. The number of rotatable bonds is 1. The number of para-hydroxylation sites is 1. The number of aromatic nitrogens is 1. The number of sulfone groups is 1. The van der Waals surface area contributed by atoms with Gasteiger partial charge in [-0.05, 0) is 31.9 Å². The summed E-state index contributed by atoms with van der Waals surface area (Å²) in [6.07, 6.45) is 0.776. The molecule has 0 aliphatic carbocycles. The van der Waals surface area contributed by atoms with Crippen LogP contribution in [-0.4, -0.2) is 58.7 Å². The van der Waals surface area contributed by atoms with Crippen LogP contribution in [0.3, 0.4) is 0 Å². The maximum absolute atomic E-state index is 13.2. The Morgan fingerprint density at radius 1 is 1.19 bits per heavy atom. The molecule has 4 heterocycles. The molecule has 3 aliphatic rings. The molecule has 0 spiro atoms. The summed E-state index contributed by atoms with van der Waals surface area (Å²) in [5, 5.41) is 1.07. The number of H-pyrrole nitrogens is 1. The molecule has 2 saturated heterocycles. The summed E-state index contributed by atoms with van der Waals surface area (Å²) < 4.78 is 23.7. The van der Waals surface area contributed by atoms with Crippen molar-refractivity contribution in [2.75, 3.05) is 11.5 Å². The Balaban J connectivity index is 1.60. The van der Waals surface area contributed by atoms with Crippen molar-refractivity contribution >= 4 is 32.7 Å². The lowest BCUT2D eigenvalue weighted by atomic mass is 9.85. The zero-order chi connectivity index (χ0) is 19.1. The fraction of sp³-hybridized carbons (Fsp3) is 0.474. The molecule has 1 N–H and O–H groups in total. The van der Waals surface area contributed by atoms with Crippen LogP contribution in [0.15, 0.2) is 24.3 Å². The van der Waals surface area contributed by atoms with Gasteiger partial charge >= 0.3 is 6.03 Å². The number of hydrogen-bond acceptors (Lipinski definition) is 4. The first kappa shape index (κ1) is 16.8. The highest BCUT2D eigenvalue weighted by Gasteiger charge is 2.57. The average molecular weight is 387 g/mol. The summed E-state index contributed by atoms with van der Waals surface area (Å²) in [6, 6.07) is 6.44. The van der Waals surface area contributed by atoms with E-state index in [0.717, 1.165) is 22.2 Å². The fourth-order valence-corrected chi connectivity index (χ4v) is 6.69. The highest BCUT2D eigenvalue weighted by atomic mass is 32.2. The summed E-state index contributed by atoms with van der Waals surface area (Å²) in [5.41, 5.74) is 2.33. The Kier molecular flexibility index (Phi) is 3.19. The van der Waals surface area contributed by atoms with Gasteiger partial charge in [0.15, 0.2) is 9.84 Å². The van der Waals surface area contributed by atoms with Crippen molar-refractivity contribution in [2.24, 2.45) is 0 Å². The largest absolute Gasteiger partial charge is 0.356 e. The van der Waals surface area contributed by atoms with E-state index < -0.39 is 27.5 Å². The zero-order valence-electron chi connectivity index (χ0n) is 15.2. The second-order valence-electron chi connectivity index (χ2n) is 8.22. The standard InChI is InChI=1S/C19H21N3O4S/c1-19(2)16-13(12-5-3-4-6-14(12)20-16)9-15-17(23)21(18(24)22(15)19)11-7-8-27(25,26)10-11/h3-6,11,15,20H,7-10H2,1-2H3/t11?,15-/m0/s1. The molecule has 142 valence electrons. The smallest absolute Gasteiger partial charge is 0.328 e. The van der Waals surface area contributed by atoms with Crippen LogP contribution in [-0.2, 0) is 26.6 Å². The highest BCUT2D eigenvalue weighted by molar-refractivity contribution is 7.91. The van der Waals surface area contributed by atoms with Gasteiger partial charge in [0.05, 0.1) is 23.1 Å². The van der Waals surface area contributed by atoms with E-state index in [0.29, 0.717) is 12.8 Å². The number of carbonyl (C=O) groups excluding carboxylic acids is 2. The van der Waals surface area contributed by atoms with Crippen LogP contribution in [0.2, 0.25) is 0 Å². The molecule has 2 aromatic rings. The van der Waals surface area contributed by atoms with Gasteiger partial charge in [-0.2, -0.15) is 0 Å². The third-order valence-corrected chi connectivity index (χ3v) is 8.00. The molecule has 0 saturated carbocycles. The Labute approximate surface area is 157 Å². The highest BCUT2D eigenvalue weighted by Crippen LogP contribution is 2.45. The molecule has 1 aromatic carbocycles. The van der Waals surface area contributed by atoms with Crippen LogP contribution < -0.4 is 0 Å². The van der Waals surface area contributed by atoms with Gasteiger partial charge in [0.1, 0.15) is 6.04 Å². The number of benzene rings is 1. The van der Waals surface area contributed by atoms with Crippen molar-refractivity contribution in [3.05, 3.63) is 35.5 Å². The second-order valence-corrected chi connectivity index (χ2v) is 10.4. The number of amides is 3. The van der Waals surface area contributed by atoms with E-state index >= 15 is 0 Å². The molecular weight excluding hydrogens is 366 g/mol. The van der Waals surface area contributed by atoms with Gasteiger partial charge in [-0.1, -0.05) is 18.2 Å². The maximum atomic E-state index is 13.2. The number of fused-ring (bicyclic) bond motifs is 4. The van der Waals surface area contributed by atoms with Gasteiger partial charge < -0.3 is 9.88 Å². The number of urea groups is 1. The normalized spacial score (nSPS) is 28.7. The van der Waals surface area contributed by atoms with Crippen molar-refractivity contribution in [3.63, 3.8) is 0 Å². The number of nitrogens with zero attached hydrogens (tertiary/aromatic N) is 2. The topological polar surface area (TPSA) is 90.5 Å². The van der Waals surface area contributed by atoms with Gasteiger partial charge in [-0.15, -0.1) is 0 Å². The molecule has 2 atom stereocenters. The average Bonchev–Trinajstić information content (AvgIpc) is 3.22. The molecular formula is C19H21N3O4S. The van der Waals surface area contributed by atoms with Gasteiger partial charge in [-0.3, -0.25) is 9.69 Å². The van der Waals surface area contributed by atoms with Gasteiger partial charge in [0.25, 0.3) is 5.91 Å². The first-order valence-corrected chi connectivity index (χ1v) is 11.0. The minimum absolute atomic E-state index is 0.0342. The predicted molar refractivity (Wildman–Crippen MR) is 100.0 cm³/mol. The SMILES string of the molecule is CC1(C)c2[nH]c3ccccc3c2C[C@H]2C(=O)N(C3CCS(=O)(=O)C3)C(=O)N21. The summed E-state index contributed by atoms with van der Waals surface area (Å²) in [4.78, 5) is 32.7. The zero-order valence-corrected chi connectivity index (χ0v) is 16.0. The van der Waals surface area contributed by atoms with Crippen LogP contribution in [0.4, 0.5) is 4.79 Å². The number of imide groups is 1. The quantitative estimate of drug-likeness (QED) is 0.755. The number of carbonyl (C=O) groups is 2. The van der Waals surface area contributed by atoms with Crippen LogP contribution in [0.1, 0.15) is 31.5 Å². The molecule has 8 heteroatoms. The lowest BCUT2D eigenvalue weighted by molar-refractivity contribution is -0.130. The Bertz CT molecular complexity index is 1100. The van der Waals surface area contributed by atoms with Crippen molar-refractivity contribution in [1.82, 2.24) is 14.8 Å². The maximum Gasteiger partial charge on any atom is 0.328 e. The minimum Gasteiger partial charge on any atom is -0.356 e. The van der Waals surface area contributed by atoms with E-state index in [4.69, 9.17) is 0 Å². The Morgan fingerprint density at radius 3 is 2.63 bits per heavy atom. The van der Waals surface area contributed by atoms with Crippen LogP contribution in [0, 0.1) is 0 Å². The van der Waals surface area contributed by atoms with E-state index in [2.05, 4.69) is 4.98 Å². The molecule has 3 aliphatic heterocycles. The van der Waals surface area contributed by atoms with Gasteiger partial charge in [-0.25, -0.2) is 13.2 Å². The summed E-state index contributed by atoms with van der Waals surface area (Å²) in [7, 11) is -3.18. The Hall–Kier alpha value is -2.35. The molecule has 7 nitrogen and oxygen atoms in total. The van der Waals surface area contributed by atoms with Gasteiger partial charge in [0.2, 0.25) is 0 Å². The van der Waals surface area contributed by atoms with Crippen LogP contribution in [0.5, 0.6) is 0 Å². The van der Waals surface area contributed by atoms with E-state index in [9.17, 15) is 18.0 Å². The number of hydrogen-bond donors (Lipinski definition) is 1. The van der Waals surface area contributed by atoms with Crippen molar-refractivity contribution in [1.29, 1.82) is 0 Å². The molecule has 0 bridgehead atoms. The van der Waals surface area contributed by atoms with Crippen LogP contribution in [0.25, 0.3) is 10.9 Å². The van der Waals surface area contributed by atoms with Crippen LogP contribution >= 0.6 is 0 Å². The van der Waals surface area contributed by atoms with E-state index in [1.54, 1.807) is 4.90 Å². The van der Waals surface area contributed by atoms with E-state index in [-0.39, 0.29) is 23.4 Å². The molecule has 0 radical (unpaired) electrons. The van der Waals surface area contributed by atoms with Gasteiger partial charge in [0, 0.05) is 23.0 Å². The summed E-state index contributed by atoms with van der Waals surface area (Å²) >= 11 is 0. The number of aromatic amines is 1. The molecule has 3 amide bonds. The second kappa shape index (κ2) is 5.13. The van der Waals surface area contributed by atoms with Crippen molar-refractivity contribution in [2.45, 2.75) is 44.3 Å². The van der Waals surface area contributed by atoms with E-state index in [1.807, 2.05) is 38.1 Å². The number of nitrogens with one attached hydrogen (secondary N) is 1. The predicted octanol–water partition coefficient (Wildman–Crippen LogP) is 1.78. The van der Waals surface area contributed by atoms with Crippen molar-refractivity contribution in [3.8, 4) is 0 Å². The first-order chi connectivity index (χ1) is 12.7. The first-order valence-electron chi connectivity index (χ1n) is 9.17. The third-order valence-electron chi connectivity index (χ3n) is 6.25. The molecule has 5 rings (SSSR count). The lowest BCUT2D eigenvalue weighted by Gasteiger charge is -2.42. The van der Waals surface area contributed by atoms with Crippen molar-refractivity contribution < 1.29 is 18.0 Å². The third kappa shape index (κ3) is 2.16. The minimum atomic E-state index is -3.18. The summed E-state index contributed by atoms with van der Waals surface area (Å²) in [5.74, 6) is -0.363. The molecule has 1 aromatic heterocycles. The fourth-order valence-electron chi connectivity index (χ4n) is 4.99. The lowest BCUT2D eigenvalue weighted by Crippen LogP contribution is -2.52. The monoisotopic (exact) mass is 387 g/mol.